The van der Waals surface area contributed by atoms with Crippen LogP contribution in [0.15, 0.2) is 5.38 Å². The summed E-state index contributed by atoms with van der Waals surface area (Å²) in [5.41, 5.74) is 1.82. The van der Waals surface area contributed by atoms with Crippen LogP contribution in [0.3, 0.4) is 0 Å². The van der Waals surface area contributed by atoms with Crippen molar-refractivity contribution < 1.29 is 0 Å². The average Bonchev–Trinajstić information content (AvgIpc) is 2.92. The lowest BCUT2D eigenvalue weighted by molar-refractivity contribution is 0.288. The molecule has 1 N–H and O–H groups in total. The molecular formula is C16H28N2S. The Hall–Kier alpha value is -0.410. The zero-order valence-corrected chi connectivity index (χ0v) is 13.9. The van der Waals surface area contributed by atoms with Crippen LogP contribution in [0.5, 0.6) is 0 Å². The van der Waals surface area contributed by atoms with Gasteiger partial charge in [0.1, 0.15) is 5.01 Å². The summed E-state index contributed by atoms with van der Waals surface area (Å²) in [6.07, 6.45) is 4.92. The number of rotatable bonds is 5. The normalized spacial score (nSPS) is 26.2. The van der Waals surface area contributed by atoms with Crippen LogP contribution in [0.25, 0.3) is 0 Å². The van der Waals surface area contributed by atoms with Gasteiger partial charge in [0, 0.05) is 5.38 Å². The summed E-state index contributed by atoms with van der Waals surface area (Å²) < 4.78 is 0. The molecule has 0 amide bonds. The average molecular weight is 280 g/mol. The van der Waals surface area contributed by atoms with E-state index in [0.29, 0.717) is 11.3 Å². The lowest BCUT2D eigenvalue weighted by Crippen LogP contribution is -2.41. The van der Waals surface area contributed by atoms with E-state index in [-0.39, 0.29) is 5.54 Å². The minimum atomic E-state index is 0.136. The molecule has 3 heteroatoms. The van der Waals surface area contributed by atoms with Crippen LogP contribution in [0.1, 0.15) is 76.9 Å². The van der Waals surface area contributed by atoms with E-state index in [2.05, 4.69) is 45.3 Å². The van der Waals surface area contributed by atoms with Crippen molar-refractivity contribution >= 4 is 11.3 Å². The summed E-state index contributed by atoms with van der Waals surface area (Å²) in [6.45, 7) is 12.6. The van der Waals surface area contributed by atoms with E-state index in [1.54, 1.807) is 0 Å². The first-order chi connectivity index (χ1) is 8.88. The summed E-state index contributed by atoms with van der Waals surface area (Å²) in [6, 6.07) is 0. The highest BCUT2D eigenvalue weighted by Crippen LogP contribution is 2.49. The lowest BCUT2D eigenvalue weighted by atomic mass is 9.88. The molecule has 0 spiro atoms. The molecule has 108 valence electrons. The van der Waals surface area contributed by atoms with E-state index in [4.69, 9.17) is 4.98 Å². The molecule has 19 heavy (non-hydrogen) atoms. The van der Waals surface area contributed by atoms with Gasteiger partial charge in [-0.05, 0) is 43.6 Å². The fourth-order valence-corrected chi connectivity index (χ4v) is 4.28. The van der Waals surface area contributed by atoms with Crippen molar-refractivity contribution in [2.24, 2.45) is 5.41 Å². The molecule has 0 radical (unpaired) electrons. The number of thiazole rings is 1. The number of aromatic nitrogens is 1. The van der Waals surface area contributed by atoms with E-state index >= 15 is 0 Å². The molecule has 0 aliphatic heterocycles. The second-order valence-corrected chi connectivity index (χ2v) is 7.94. The summed E-state index contributed by atoms with van der Waals surface area (Å²) in [5.74, 6) is 0.530. The Morgan fingerprint density at radius 1 is 1.37 bits per heavy atom. The Labute approximate surface area is 122 Å². The second kappa shape index (κ2) is 5.53. The number of hydrogen-bond acceptors (Lipinski definition) is 3. The third kappa shape index (κ3) is 3.19. The molecule has 1 unspecified atom stereocenters. The predicted molar refractivity (Wildman–Crippen MR) is 83.8 cm³/mol. The molecule has 1 heterocycles. The van der Waals surface area contributed by atoms with Crippen LogP contribution < -0.4 is 5.32 Å². The van der Waals surface area contributed by atoms with Crippen LogP contribution >= 0.6 is 11.3 Å². The largest absolute Gasteiger partial charge is 0.305 e. The van der Waals surface area contributed by atoms with Crippen molar-refractivity contribution in [3.05, 3.63) is 16.1 Å². The van der Waals surface area contributed by atoms with Gasteiger partial charge >= 0.3 is 0 Å². The quantitative estimate of drug-likeness (QED) is 0.847. The number of nitrogens with zero attached hydrogens (tertiary/aromatic N) is 1. The minimum Gasteiger partial charge on any atom is -0.305 e. The number of nitrogens with one attached hydrogen (secondary N) is 1. The zero-order chi connectivity index (χ0) is 14.1. The smallest absolute Gasteiger partial charge is 0.113 e. The van der Waals surface area contributed by atoms with Gasteiger partial charge < -0.3 is 5.32 Å². The fraction of sp³-hybridized carbons (Fsp3) is 0.812. The second-order valence-electron chi connectivity index (χ2n) is 7.08. The molecule has 1 saturated carbocycles. The van der Waals surface area contributed by atoms with Gasteiger partial charge in [0.2, 0.25) is 0 Å². The summed E-state index contributed by atoms with van der Waals surface area (Å²) >= 11 is 1.85. The van der Waals surface area contributed by atoms with Crippen LogP contribution in [0.4, 0.5) is 0 Å². The highest BCUT2D eigenvalue weighted by atomic mass is 32.1. The lowest BCUT2D eigenvalue weighted by Gasteiger charge is -2.30. The predicted octanol–water partition coefficient (Wildman–Crippen LogP) is 4.67. The van der Waals surface area contributed by atoms with E-state index < -0.39 is 0 Å². The monoisotopic (exact) mass is 280 g/mol. The molecule has 1 aliphatic rings. The van der Waals surface area contributed by atoms with Gasteiger partial charge in [0.05, 0.1) is 11.2 Å². The SMILES string of the molecule is CCCNC1(c2nc(C(C)C)cs2)CCC(C)(C)C1. The Bertz CT molecular complexity index is 422. The third-order valence-electron chi connectivity index (χ3n) is 4.25. The van der Waals surface area contributed by atoms with E-state index in [0.717, 1.165) is 6.54 Å². The van der Waals surface area contributed by atoms with Gasteiger partial charge in [-0.3, -0.25) is 0 Å². The van der Waals surface area contributed by atoms with Gasteiger partial charge in [0.15, 0.2) is 0 Å². The Balaban J connectivity index is 2.27. The van der Waals surface area contributed by atoms with Crippen molar-refractivity contribution in [1.29, 1.82) is 0 Å². The van der Waals surface area contributed by atoms with Gasteiger partial charge in [-0.25, -0.2) is 4.98 Å². The fourth-order valence-electron chi connectivity index (χ4n) is 3.09. The highest BCUT2D eigenvalue weighted by molar-refractivity contribution is 7.09. The molecule has 1 aromatic heterocycles. The van der Waals surface area contributed by atoms with E-state index in [1.165, 1.54) is 36.4 Å². The van der Waals surface area contributed by atoms with Crippen molar-refractivity contribution in [2.75, 3.05) is 6.54 Å². The zero-order valence-electron chi connectivity index (χ0n) is 13.0. The standard InChI is InChI=1S/C16H28N2S/c1-6-9-17-16(8-7-15(4,5)11-16)14-18-13(10-19-14)12(2)3/h10,12,17H,6-9,11H2,1-5H3. The van der Waals surface area contributed by atoms with Crippen molar-refractivity contribution in [1.82, 2.24) is 10.3 Å². The van der Waals surface area contributed by atoms with Crippen molar-refractivity contribution in [3.8, 4) is 0 Å². The first-order valence-corrected chi connectivity index (χ1v) is 8.47. The Morgan fingerprint density at radius 3 is 2.58 bits per heavy atom. The van der Waals surface area contributed by atoms with E-state index in [1.807, 2.05) is 11.3 Å². The molecule has 1 aliphatic carbocycles. The molecule has 0 aromatic carbocycles. The van der Waals surface area contributed by atoms with Crippen LogP contribution in [0, 0.1) is 5.41 Å². The maximum atomic E-state index is 4.94. The molecule has 2 rings (SSSR count). The molecule has 0 bridgehead atoms. The highest BCUT2D eigenvalue weighted by Gasteiger charge is 2.45. The molecule has 0 saturated heterocycles. The van der Waals surface area contributed by atoms with Crippen LogP contribution in [0.2, 0.25) is 0 Å². The third-order valence-corrected chi connectivity index (χ3v) is 5.31. The van der Waals surface area contributed by atoms with Gasteiger partial charge in [0.25, 0.3) is 0 Å². The van der Waals surface area contributed by atoms with Gasteiger partial charge in [-0.15, -0.1) is 11.3 Å². The van der Waals surface area contributed by atoms with Gasteiger partial charge in [-0.2, -0.15) is 0 Å². The summed E-state index contributed by atoms with van der Waals surface area (Å²) in [7, 11) is 0. The first-order valence-electron chi connectivity index (χ1n) is 7.59. The molecule has 1 aromatic rings. The Kier molecular flexibility index (Phi) is 4.36. The van der Waals surface area contributed by atoms with Crippen molar-refractivity contribution in [3.63, 3.8) is 0 Å². The molecule has 1 fully saturated rings. The van der Waals surface area contributed by atoms with Crippen molar-refractivity contribution in [2.45, 2.75) is 71.8 Å². The Morgan fingerprint density at radius 2 is 2.11 bits per heavy atom. The van der Waals surface area contributed by atoms with Crippen LogP contribution in [-0.2, 0) is 5.54 Å². The maximum absolute atomic E-state index is 4.94. The van der Waals surface area contributed by atoms with Crippen LogP contribution in [-0.4, -0.2) is 11.5 Å². The van der Waals surface area contributed by atoms with Gasteiger partial charge in [-0.1, -0.05) is 34.6 Å². The summed E-state index contributed by atoms with van der Waals surface area (Å²) in [4.78, 5) is 4.94. The number of hydrogen-bond donors (Lipinski definition) is 1. The first kappa shape index (κ1) is 15.0. The topological polar surface area (TPSA) is 24.9 Å². The molecule has 2 nitrogen and oxygen atoms in total. The molecule has 1 atom stereocenters. The molecular weight excluding hydrogens is 252 g/mol. The maximum Gasteiger partial charge on any atom is 0.113 e. The summed E-state index contributed by atoms with van der Waals surface area (Å²) in [5, 5.41) is 7.38. The minimum absolute atomic E-state index is 0.136. The van der Waals surface area contributed by atoms with E-state index in [9.17, 15) is 0 Å².